The van der Waals surface area contributed by atoms with Gasteiger partial charge in [0.1, 0.15) is 6.61 Å². The second kappa shape index (κ2) is 7.24. The van der Waals surface area contributed by atoms with Gasteiger partial charge in [0.2, 0.25) is 0 Å². The fraction of sp³-hybridized carbons (Fsp3) is 0.273. The van der Waals surface area contributed by atoms with Gasteiger partial charge in [-0.05, 0) is 12.1 Å². The highest BCUT2D eigenvalue weighted by Gasteiger charge is 2.00. The Labute approximate surface area is 98.6 Å². The summed E-state index contributed by atoms with van der Waals surface area (Å²) in [6.07, 6.45) is 0. The van der Waals surface area contributed by atoms with Crippen LogP contribution in [-0.2, 0) is 9.53 Å². The first kappa shape index (κ1) is 13.0. The maximum absolute atomic E-state index is 11.3. The average molecular weight is 238 g/mol. The summed E-state index contributed by atoms with van der Waals surface area (Å²) in [5, 5.41) is 13.4. The van der Waals surface area contributed by atoms with E-state index in [9.17, 15) is 9.59 Å². The molecular formula is C11H14N2O4. The van der Waals surface area contributed by atoms with Crippen LogP contribution in [0.2, 0.25) is 0 Å². The number of rotatable bonds is 6. The maximum atomic E-state index is 11.3. The molecule has 0 fully saturated rings. The quantitative estimate of drug-likeness (QED) is 0.643. The zero-order chi connectivity index (χ0) is 12.5. The van der Waals surface area contributed by atoms with Crippen LogP contribution in [0.25, 0.3) is 0 Å². The van der Waals surface area contributed by atoms with Gasteiger partial charge in [-0.2, -0.15) is 0 Å². The Morgan fingerprint density at radius 2 is 1.94 bits per heavy atom. The topological polar surface area (TPSA) is 87.7 Å². The van der Waals surface area contributed by atoms with E-state index < -0.39 is 5.97 Å². The number of aliphatic carboxylic acids is 1. The fourth-order valence-corrected chi connectivity index (χ4v) is 1.09. The van der Waals surface area contributed by atoms with E-state index in [-0.39, 0.29) is 25.8 Å². The number of carbonyl (C=O) groups is 2. The fourth-order valence-electron chi connectivity index (χ4n) is 1.09. The van der Waals surface area contributed by atoms with Crippen LogP contribution >= 0.6 is 0 Å². The number of urea groups is 1. The van der Waals surface area contributed by atoms with Gasteiger partial charge >= 0.3 is 12.0 Å². The van der Waals surface area contributed by atoms with Crippen LogP contribution in [0.5, 0.6) is 0 Å². The third-order valence-corrected chi connectivity index (χ3v) is 1.79. The third kappa shape index (κ3) is 6.16. The summed E-state index contributed by atoms with van der Waals surface area (Å²) in [4.78, 5) is 21.4. The molecule has 0 aliphatic heterocycles. The number of para-hydroxylation sites is 1. The van der Waals surface area contributed by atoms with E-state index >= 15 is 0 Å². The van der Waals surface area contributed by atoms with E-state index in [2.05, 4.69) is 10.6 Å². The van der Waals surface area contributed by atoms with E-state index in [4.69, 9.17) is 9.84 Å². The van der Waals surface area contributed by atoms with Crippen LogP contribution in [0.3, 0.4) is 0 Å². The third-order valence-electron chi connectivity index (χ3n) is 1.79. The van der Waals surface area contributed by atoms with Gasteiger partial charge in [0.05, 0.1) is 6.61 Å². The van der Waals surface area contributed by atoms with Crippen LogP contribution in [0.15, 0.2) is 30.3 Å². The molecule has 0 bridgehead atoms. The standard InChI is InChI=1S/C11H14N2O4/c14-10(15)8-17-7-6-12-11(16)13-9-4-2-1-3-5-9/h1-5H,6-8H2,(H,14,15)(H2,12,13,16). The van der Waals surface area contributed by atoms with Crippen molar-refractivity contribution in [2.24, 2.45) is 0 Å². The summed E-state index contributed by atoms with van der Waals surface area (Å²) in [5.41, 5.74) is 0.691. The number of carboxylic acids is 1. The first-order valence-corrected chi connectivity index (χ1v) is 5.08. The molecular weight excluding hydrogens is 224 g/mol. The molecule has 0 atom stereocenters. The summed E-state index contributed by atoms with van der Waals surface area (Å²) < 4.78 is 4.75. The van der Waals surface area contributed by atoms with Crippen molar-refractivity contribution in [1.82, 2.24) is 5.32 Å². The Kier molecular flexibility index (Phi) is 5.53. The normalized spacial score (nSPS) is 9.65. The number of hydrogen-bond acceptors (Lipinski definition) is 3. The molecule has 0 unspecified atom stereocenters. The average Bonchev–Trinajstić information content (AvgIpc) is 2.29. The van der Waals surface area contributed by atoms with Crippen molar-refractivity contribution in [2.75, 3.05) is 25.1 Å². The Morgan fingerprint density at radius 1 is 1.24 bits per heavy atom. The van der Waals surface area contributed by atoms with Crippen LogP contribution < -0.4 is 10.6 Å². The van der Waals surface area contributed by atoms with E-state index in [1.165, 1.54) is 0 Å². The molecule has 0 aliphatic rings. The van der Waals surface area contributed by atoms with E-state index in [0.29, 0.717) is 5.69 Å². The van der Waals surface area contributed by atoms with Gasteiger partial charge in [0.25, 0.3) is 0 Å². The van der Waals surface area contributed by atoms with Crippen molar-refractivity contribution in [3.63, 3.8) is 0 Å². The highest BCUT2D eigenvalue weighted by Crippen LogP contribution is 2.03. The first-order valence-electron chi connectivity index (χ1n) is 5.08. The molecule has 0 aromatic heterocycles. The van der Waals surface area contributed by atoms with Crippen molar-refractivity contribution in [1.29, 1.82) is 0 Å². The number of hydrogen-bond donors (Lipinski definition) is 3. The molecule has 1 aromatic carbocycles. The number of nitrogens with one attached hydrogen (secondary N) is 2. The van der Waals surface area contributed by atoms with Crippen LogP contribution in [-0.4, -0.2) is 36.9 Å². The van der Waals surface area contributed by atoms with E-state index in [1.54, 1.807) is 12.1 Å². The maximum Gasteiger partial charge on any atom is 0.329 e. The predicted molar refractivity (Wildman–Crippen MR) is 61.9 cm³/mol. The number of benzene rings is 1. The zero-order valence-electron chi connectivity index (χ0n) is 9.18. The van der Waals surface area contributed by atoms with E-state index in [1.807, 2.05) is 18.2 Å². The van der Waals surface area contributed by atoms with Crippen molar-refractivity contribution in [2.45, 2.75) is 0 Å². The van der Waals surface area contributed by atoms with Gasteiger partial charge in [0, 0.05) is 12.2 Å². The lowest BCUT2D eigenvalue weighted by molar-refractivity contribution is -0.142. The largest absolute Gasteiger partial charge is 0.480 e. The minimum atomic E-state index is -1.03. The number of ether oxygens (including phenoxy) is 1. The summed E-state index contributed by atoms with van der Waals surface area (Å²) in [6.45, 7) is 0.0580. The molecule has 6 nitrogen and oxygen atoms in total. The molecule has 0 heterocycles. The van der Waals surface area contributed by atoms with Crippen molar-refractivity contribution in [3.05, 3.63) is 30.3 Å². The van der Waals surface area contributed by atoms with Crippen LogP contribution in [0.1, 0.15) is 0 Å². The van der Waals surface area contributed by atoms with Crippen molar-refractivity contribution < 1.29 is 19.4 Å². The van der Waals surface area contributed by atoms with Crippen molar-refractivity contribution in [3.8, 4) is 0 Å². The Morgan fingerprint density at radius 3 is 2.59 bits per heavy atom. The summed E-state index contributed by atoms with van der Waals surface area (Å²) in [5.74, 6) is -1.03. The minimum Gasteiger partial charge on any atom is -0.480 e. The SMILES string of the molecule is O=C(O)COCCNC(=O)Nc1ccccc1. The molecule has 0 aliphatic carbocycles. The monoisotopic (exact) mass is 238 g/mol. The number of anilines is 1. The summed E-state index contributed by atoms with van der Waals surface area (Å²) in [6, 6.07) is 8.65. The summed E-state index contributed by atoms with van der Waals surface area (Å²) in [7, 11) is 0. The van der Waals surface area contributed by atoms with Gasteiger partial charge in [-0.15, -0.1) is 0 Å². The zero-order valence-corrected chi connectivity index (χ0v) is 9.18. The van der Waals surface area contributed by atoms with Gasteiger partial charge in [-0.1, -0.05) is 18.2 Å². The van der Waals surface area contributed by atoms with Crippen LogP contribution in [0, 0.1) is 0 Å². The Hall–Kier alpha value is -2.08. The molecule has 0 saturated carbocycles. The minimum absolute atomic E-state index is 0.161. The smallest absolute Gasteiger partial charge is 0.329 e. The highest BCUT2D eigenvalue weighted by molar-refractivity contribution is 5.89. The van der Waals surface area contributed by atoms with E-state index in [0.717, 1.165) is 0 Å². The lowest BCUT2D eigenvalue weighted by Gasteiger charge is -2.07. The number of amides is 2. The lowest BCUT2D eigenvalue weighted by Crippen LogP contribution is -2.31. The Balaban J connectivity index is 2.12. The first-order chi connectivity index (χ1) is 8.18. The van der Waals surface area contributed by atoms with Gasteiger partial charge in [-0.3, -0.25) is 0 Å². The second-order valence-electron chi connectivity index (χ2n) is 3.19. The molecule has 0 saturated heterocycles. The van der Waals surface area contributed by atoms with Gasteiger partial charge in [-0.25, -0.2) is 9.59 Å². The number of carboxylic acid groups (broad SMARTS) is 1. The van der Waals surface area contributed by atoms with Gasteiger partial charge in [0.15, 0.2) is 0 Å². The molecule has 0 spiro atoms. The number of carbonyl (C=O) groups excluding carboxylic acids is 1. The second-order valence-corrected chi connectivity index (χ2v) is 3.19. The Bertz CT molecular complexity index is 367. The molecule has 17 heavy (non-hydrogen) atoms. The molecule has 0 radical (unpaired) electrons. The summed E-state index contributed by atoms with van der Waals surface area (Å²) >= 11 is 0. The lowest BCUT2D eigenvalue weighted by atomic mass is 10.3. The van der Waals surface area contributed by atoms with Gasteiger partial charge < -0.3 is 20.5 Å². The molecule has 2 amide bonds. The molecule has 1 aromatic rings. The molecule has 92 valence electrons. The highest BCUT2D eigenvalue weighted by atomic mass is 16.5. The predicted octanol–water partition coefficient (Wildman–Crippen LogP) is 0.909. The molecule has 1 rings (SSSR count). The molecule has 6 heteroatoms. The van der Waals surface area contributed by atoms with Crippen LogP contribution in [0.4, 0.5) is 10.5 Å². The van der Waals surface area contributed by atoms with Crippen molar-refractivity contribution >= 4 is 17.7 Å². The molecule has 3 N–H and O–H groups in total.